The van der Waals surface area contributed by atoms with Gasteiger partial charge in [0.2, 0.25) is 0 Å². The first kappa shape index (κ1) is 10.9. The van der Waals surface area contributed by atoms with Crippen molar-refractivity contribution in [3.05, 3.63) is 34.5 Å². The maximum atomic E-state index is 4.29. The van der Waals surface area contributed by atoms with E-state index in [9.17, 15) is 0 Å². The summed E-state index contributed by atoms with van der Waals surface area (Å²) in [5.41, 5.74) is 2.00. The first-order valence-corrected chi connectivity index (χ1v) is 5.87. The van der Waals surface area contributed by atoms with Crippen LogP contribution in [0.1, 0.15) is 9.88 Å². The Balaban J connectivity index is 1.99. The summed E-state index contributed by atoms with van der Waals surface area (Å²) in [6.45, 7) is 2.80. The zero-order chi connectivity index (χ0) is 11.4. The van der Waals surface area contributed by atoms with Crippen LogP contribution in [0.25, 0.3) is 0 Å². The van der Waals surface area contributed by atoms with Gasteiger partial charge in [-0.15, -0.1) is 11.3 Å². The Morgan fingerprint density at radius 3 is 2.75 bits per heavy atom. The fourth-order valence-corrected chi connectivity index (χ4v) is 2.06. The number of aromatic nitrogens is 2. The third kappa shape index (κ3) is 2.70. The molecular formula is C11H14N4S. The number of nitrogens with zero attached hydrogens (tertiary/aromatic N) is 2. The highest BCUT2D eigenvalue weighted by Crippen LogP contribution is 2.15. The van der Waals surface area contributed by atoms with E-state index in [-0.39, 0.29) is 0 Å². The Morgan fingerprint density at radius 1 is 1.25 bits per heavy atom. The number of aryl methyl sites for hydroxylation is 1. The second kappa shape index (κ2) is 4.94. The molecule has 2 N–H and O–H groups in total. The fraction of sp³-hybridized carbons (Fsp3) is 0.273. The minimum Gasteiger partial charge on any atom is -0.387 e. The molecule has 84 valence electrons. The van der Waals surface area contributed by atoms with Gasteiger partial charge in [0, 0.05) is 18.1 Å². The summed E-state index contributed by atoms with van der Waals surface area (Å²) in [5.74, 6) is 0. The van der Waals surface area contributed by atoms with Crippen molar-refractivity contribution in [2.75, 3.05) is 17.7 Å². The monoisotopic (exact) mass is 234 g/mol. The predicted molar refractivity (Wildman–Crippen MR) is 68.0 cm³/mol. The lowest BCUT2D eigenvalue weighted by molar-refractivity contribution is 1.09. The number of rotatable bonds is 4. The Labute approximate surface area is 98.8 Å². The molecular weight excluding hydrogens is 220 g/mol. The topological polar surface area (TPSA) is 49.8 Å². The van der Waals surface area contributed by atoms with E-state index >= 15 is 0 Å². The van der Waals surface area contributed by atoms with Gasteiger partial charge >= 0.3 is 0 Å². The van der Waals surface area contributed by atoms with Crippen molar-refractivity contribution in [2.45, 2.75) is 13.5 Å². The zero-order valence-corrected chi connectivity index (χ0v) is 10.1. The summed E-state index contributed by atoms with van der Waals surface area (Å²) in [7, 11) is 1.88. The molecule has 0 saturated heterocycles. The summed E-state index contributed by atoms with van der Waals surface area (Å²) in [5, 5.41) is 7.44. The largest absolute Gasteiger partial charge is 0.387 e. The second-order valence-electron chi connectivity index (χ2n) is 3.43. The Morgan fingerprint density at radius 2 is 2.06 bits per heavy atom. The van der Waals surface area contributed by atoms with Crippen molar-refractivity contribution in [1.29, 1.82) is 0 Å². The van der Waals surface area contributed by atoms with E-state index in [1.54, 1.807) is 23.7 Å². The highest BCUT2D eigenvalue weighted by Gasteiger charge is 1.99. The van der Waals surface area contributed by atoms with E-state index in [0.29, 0.717) is 0 Å². The molecule has 0 aliphatic carbocycles. The van der Waals surface area contributed by atoms with E-state index < -0.39 is 0 Å². The summed E-state index contributed by atoms with van der Waals surface area (Å²) < 4.78 is 0. The van der Waals surface area contributed by atoms with Gasteiger partial charge in [0.25, 0.3) is 0 Å². The molecule has 0 unspecified atom stereocenters. The van der Waals surface area contributed by atoms with Crippen molar-refractivity contribution in [3.8, 4) is 0 Å². The predicted octanol–water partition coefficient (Wildman–Crippen LogP) is 2.50. The molecule has 2 aromatic heterocycles. The van der Waals surface area contributed by atoms with Crippen LogP contribution in [0.15, 0.2) is 24.7 Å². The summed E-state index contributed by atoms with van der Waals surface area (Å²) in [4.78, 5) is 9.66. The normalized spacial score (nSPS) is 10.1. The van der Waals surface area contributed by atoms with Crippen LogP contribution in [-0.2, 0) is 6.54 Å². The van der Waals surface area contributed by atoms with Crippen LogP contribution in [0.4, 0.5) is 11.4 Å². The molecule has 16 heavy (non-hydrogen) atoms. The van der Waals surface area contributed by atoms with Gasteiger partial charge in [0.05, 0.1) is 30.3 Å². The van der Waals surface area contributed by atoms with E-state index in [1.807, 2.05) is 19.3 Å². The SMILES string of the molecule is CNc1cncc(NCc2ncc(C)s2)c1. The van der Waals surface area contributed by atoms with Crippen LogP contribution in [0.5, 0.6) is 0 Å². The molecule has 2 aromatic rings. The minimum atomic E-state index is 0.743. The third-order valence-corrected chi connectivity index (χ3v) is 3.05. The van der Waals surface area contributed by atoms with Crippen molar-refractivity contribution in [3.63, 3.8) is 0 Å². The molecule has 0 atom stereocenters. The van der Waals surface area contributed by atoms with Gasteiger partial charge in [0.15, 0.2) is 0 Å². The highest BCUT2D eigenvalue weighted by atomic mass is 32.1. The van der Waals surface area contributed by atoms with Crippen molar-refractivity contribution in [2.24, 2.45) is 0 Å². The minimum absolute atomic E-state index is 0.743. The smallest absolute Gasteiger partial charge is 0.112 e. The van der Waals surface area contributed by atoms with Crippen LogP contribution in [-0.4, -0.2) is 17.0 Å². The third-order valence-electron chi connectivity index (χ3n) is 2.14. The lowest BCUT2D eigenvalue weighted by Gasteiger charge is -2.05. The number of hydrogen-bond acceptors (Lipinski definition) is 5. The molecule has 0 aliphatic rings. The quantitative estimate of drug-likeness (QED) is 0.853. The Hall–Kier alpha value is -1.62. The first-order valence-electron chi connectivity index (χ1n) is 5.06. The molecule has 0 bridgehead atoms. The summed E-state index contributed by atoms with van der Waals surface area (Å²) in [6.07, 6.45) is 5.49. The molecule has 2 heterocycles. The van der Waals surface area contributed by atoms with Gasteiger partial charge in [-0.05, 0) is 13.0 Å². The number of hydrogen-bond donors (Lipinski definition) is 2. The standard InChI is InChI=1S/C11H14N4S/c1-8-4-15-11(16-8)7-14-10-3-9(12-2)5-13-6-10/h3-6,12,14H,7H2,1-2H3. The average Bonchev–Trinajstić information content (AvgIpc) is 2.73. The molecule has 0 amide bonds. The molecule has 0 spiro atoms. The number of thiazole rings is 1. The van der Waals surface area contributed by atoms with Crippen LogP contribution in [0.2, 0.25) is 0 Å². The number of nitrogens with one attached hydrogen (secondary N) is 2. The second-order valence-corrected chi connectivity index (χ2v) is 4.75. The Kier molecular flexibility index (Phi) is 3.36. The van der Waals surface area contributed by atoms with E-state index in [1.165, 1.54) is 4.88 Å². The van der Waals surface area contributed by atoms with Crippen LogP contribution in [0.3, 0.4) is 0 Å². The van der Waals surface area contributed by atoms with E-state index in [0.717, 1.165) is 22.9 Å². The number of pyridine rings is 1. The van der Waals surface area contributed by atoms with Gasteiger partial charge in [-0.1, -0.05) is 0 Å². The maximum absolute atomic E-state index is 4.29. The Bertz CT molecular complexity index is 467. The zero-order valence-electron chi connectivity index (χ0n) is 9.32. The lowest BCUT2D eigenvalue weighted by atomic mass is 10.3. The molecule has 0 saturated carbocycles. The van der Waals surface area contributed by atoms with Crippen LogP contribution in [0, 0.1) is 6.92 Å². The molecule has 5 heteroatoms. The summed E-state index contributed by atoms with van der Waals surface area (Å²) in [6, 6.07) is 2.02. The van der Waals surface area contributed by atoms with Crippen molar-refractivity contribution < 1.29 is 0 Å². The van der Waals surface area contributed by atoms with Crippen LogP contribution < -0.4 is 10.6 Å². The number of anilines is 2. The van der Waals surface area contributed by atoms with Gasteiger partial charge in [-0.25, -0.2) is 4.98 Å². The lowest BCUT2D eigenvalue weighted by Crippen LogP contribution is -2.00. The van der Waals surface area contributed by atoms with Crippen molar-refractivity contribution in [1.82, 2.24) is 9.97 Å². The van der Waals surface area contributed by atoms with E-state index in [4.69, 9.17) is 0 Å². The van der Waals surface area contributed by atoms with E-state index in [2.05, 4.69) is 27.5 Å². The van der Waals surface area contributed by atoms with Gasteiger partial charge < -0.3 is 10.6 Å². The highest BCUT2D eigenvalue weighted by molar-refractivity contribution is 7.11. The fourth-order valence-electron chi connectivity index (χ4n) is 1.33. The van der Waals surface area contributed by atoms with Gasteiger partial charge in [-0.3, -0.25) is 4.98 Å². The molecule has 2 rings (SSSR count). The molecule has 0 aliphatic heterocycles. The molecule has 0 radical (unpaired) electrons. The van der Waals surface area contributed by atoms with Crippen molar-refractivity contribution >= 4 is 22.7 Å². The summed E-state index contributed by atoms with van der Waals surface area (Å²) >= 11 is 1.71. The molecule has 0 aromatic carbocycles. The van der Waals surface area contributed by atoms with Gasteiger partial charge in [-0.2, -0.15) is 0 Å². The molecule has 4 nitrogen and oxygen atoms in total. The van der Waals surface area contributed by atoms with Gasteiger partial charge in [0.1, 0.15) is 5.01 Å². The molecule has 0 fully saturated rings. The van der Waals surface area contributed by atoms with Crippen LogP contribution >= 0.6 is 11.3 Å². The maximum Gasteiger partial charge on any atom is 0.112 e. The average molecular weight is 234 g/mol. The first-order chi connectivity index (χ1) is 7.78.